The lowest BCUT2D eigenvalue weighted by Gasteiger charge is -2.33. The summed E-state index contributed by atoms with van der Waals surface area (Å²) >= 11 is 0. The fourth-order valence-electron chi connectivity index (χ4n) is 2.79. The van der Waals surface area contributed by atoms with Gasteiger partial charge in [0.15, 0.2) is 0 Å². The summed E-state index contributed by atoms with van der Waals surface area (Å²) in [6, 6.07) is 9.73. The molecule has 0 spiro atoms. The third-order valence-electron chi connectivity index (χ3n) is 4.12. The predicted octanol–water partition coefficient (Wildman–Crippen LogP) is 3.69. The summed E-state index contributed by atoms with van der Waals surface area (Å²) in [6.07, 6.45) is -2.02. The minimum absolute atomic E-state index is 0.00303. The normalized spacial score (nSPS) is 15.9. The summed E-state index contributed by atoms with van der Waals surface area (Å²) in [5.74, 6) is -2.76. The summed E-state index contributed by atoms with van der Waals surface area (Å²) in [6.45, 7) is 3.03. The van der Waals surface area contributed by atoms with Crippen molar-refractivity contribution in [3.05, 3.63) is 53.6 Å². The summed E-state index contributed by atoms with van der Waals surface area (Å²) in [5.41, 5.74) is 3.10. The Hall–Kier alpha value is -3.04. The van der Waals surface area contributed by atoms with Gasteiger partial charge in [-0.2, -0.15) is 13.2 Å². The minimum Gasteiger partial charge on any atom is -0.475 e. The number of hydrogen-bond acceptors (Lipinski definition) is 4. The number of nitrogens with one attached hydrogen (secondary N) is 1. The van der Waals surface area contributed by atoms with Gasteiger partial charge in [-0.05, 0) is 12.0 Å². The van der Waals surface area contributed by atoms with Gasteiger partial charge >= 0.3 is 18.2 Å². The lowest BCUT2D eigenvalue weighted by atomic mass is 10.0. The van der Waals surface area contributed by atoms with E-state index in [2.05, 4.69) is 16.9 Å². The number of benzene rings is 1. The number of amides is 1. The monoisotopic (exact) mass is 399 g/mol. The van der Waals surface area contributed by atoms with E-state index >= 15 is 0 Å². The maximum absolute atomic E-state index is 12.3. The SMILES string of the molecule is CCC1c2nc[nH]c2CCN1C(=O)OCc1ccccc1.O=C(O)C(F)(F)F. The van der Waals surface area contributed by atoms with Crippen LogP contribution in [0.15, 0.2) is 36.7 Å². The van der Waals surface area contributed by atoms with Crippen molar-refractivity contribution < 1.29 is 32.6 Å². The average Bonchev–Trinajstić information content (AvgIpc) is 3.14. The molecule has 1 aromatic carbocycles. The Balaban J connectivity index is 0.000000345. The molecule has 0 fully saturated rings. The quantitative estimate of drug-likeness (QED) is 0.821. The Kier molecular flexibility index (Phi) is 7.02. The van der Waals surface area contributed by atoms with Gasteiger partial charge in [-0.1, -0.05) is 37.3 Å². The topological polar surface area (TPSA) is 95.5 Å². The molecule has 1 atom stereocenters. The van der Waals surface area contributed by atoms with E-state index in [4.69, 9.17) is 14.6 Å². The van der Waals surface area contributed by atoms with Crippen LogP contribution < -0.4 is 0 Å². The molecule has 7 nitrogen and oxygen atoms in total. The van der Waals surface area contributed by atoms with Crippen LogP contribution in [0.25, 0.3) is 0 Å². The van der Waals surface area contributed by atoms with Crippen molar-refractivity contribution in [2.75, 3.05) is 6.54 Å². The van der Waals surface area contributed by atoms with Gasteiger partial charge in [0.25, 0.3) is 0 Å². The standard InChI is InChI=1S/C16H19N3O2.C2HF3O2/c1-2-14-15-13(17-11-18-15)8-9-19(14)16(20)21-10-12-6-4-3-5-7-12;3-2(4,5)1(6)7/h3-7,11,14H,2,8-10H2,1H3,(H,17,18);(H,6,7). The van der Waals surface area contributed by atoms with Crippen molar-refractivity contribution in [3.8, 4) is 0 Å². The highest BCUT2D eigenvalue weighted by atomic mass is 19.4. The number of nitrogens with zero attached hydrogens (tertiary/aromatic N) is 2. The van der Waals surface area contributed by atoms with Gasteiger partial charge in [0, 0.05) is 18.7 Å². The lowest BCUT2D eigenvalue weighted by Crippen LogP contribution is -2.40. The minimum atomic E-state index is -5.08. The highest BCUT2D eigenvalue weighted by molar-refractivity contribution is 5.73. The number of imidazole rings is 1. The molecular formula is C18H20F3N3O4. The van der Waals surface area contributed by atoms with E-state index in [1.54, 1.807) is 11.2 Å². The number of hydrogen-bond donors (Lipinski definition) is 2. The van der Waals surface area contributed by atoms with Crippen LogP contribution in [-0.2, 0) is 22.6 Å². The maximum atomic E-state index is 12.3. The second-order valence-electron chi connectivity index (χ2n) is 5.98. The molecule has 3 rings (SSSR count). The van der Waals surface area contributed by atoms with Crippen LogP contribution in [-0.4, -0.2) is 44.8 Å². The molecule has 10 heteroatoms. The average molecular weight is 399 g/mol. The van der Waals surface area contributed by atoms with Crippen molar-refractivity contribution >= 4 is 12.1 Å². The second-order valence-corrected chi connectivity index (χ2v) is 5.98. The van der Waals surface area contributed by atoms with Gasteiger partial charge in [-0.25, -0.2) is 14.6 Å². The van der Waals surface area contributed by atoms with E-state index in [1.165, 1.54) is 0 Å². The first-order chi connectivity index (χ1) is 13.2. The first-order valence-electron chi connectivity index (χ1n) is 8.53. The maximum Gasteiger partial charge on any atom is 0.490 e. The highest BCUT2D eigenvalue weighted by Gasteiger charge is 2.38. The fraction of sp³-hybridized carbons (Fsp3) is 0.389. The molecule has 0 aliphatic carbocycles. The number of fused-ring (bicyclic) bond motifs is 1. The Morgan fingerprint density at radius 3 is 2.54 bits per heavy atom. The molecule has 1 unspecified atom stereocenters. The third-order valence-corrected chi connectivity index (χ3v) is 4.12. The Bertz CT molecular complexity index is 793. The van der Waals surface area contributed by atoms with E-state index in [9.17, 15) is 18.0 Å². The van der Waals surface area contributed by atoms with Gasteiger partial charge in [-0.3, -0.25) is 4.90 Å². The number of alkyl halides is 3. The van der Waals surface area contributed by atoms with Gasteiger partial charge in [0.05, 0.1) is 18.1 Å². The largest absolute Gasteiger partial charge is 0.490 e. The molecule has 1 aliphatic rings. The summed E-state index contributed by atoms with van der Waals surface area (Å²) in [4.78, 5) is 30.5. The Morgan fingerprint density at radius 2 is 1.96 bits per heavy atom. The third kappa shape index (κ3) is 5.48. The molecule has 152 valence electrons. The van der Waals surface area contributed by atoms with Crippen molar-refractivity contribution in [2.45, 2.75) is 38.6 Å². The van der Waals surface area contributed by atoms with Gasteiger partial charge < -0.3 is 14.8 Å². The van der Waals surface area contributed by atoms with Crippen LogP contribution in [0.2, 0.25) is 0 Å². The lowest BCUT2D eigenvalue weighted by molar-refractivity contribution is -0.192. The molecular weight excluding hydrogens is 379 g/mol. The number of carbonyl (C=O) groups is 2. The molecule has 2 heterocycles. The van der Waals surface area contributed by atoms with Crippen LogP contribution in [0.1, 0.15) is 36.3 Å². The predicted molar refractivity (Wildman–Crippen MR) is 92.3 cm³/mol. The van der Waals surface area contributed by atoms with Crippen LogP contribution >= 0.6 is 0 Å². The molecule has 0 saturated heterocycles. The van der Waals surface area contributed by atoms with E-state index in [0.717, 1.165) is 29.8 Å². The van der Waals surface area contributed by atoms with Crippen molar-refractivity contribution in [2.24, 2.45) is 0 Å². The van der Waals surface area contributed by atoms with E-state index in [-0.39, 0.29) is 12.1 Å². The fourth-order valence-corrected chi connectivity index (χ4v) is 2.79. The first-order valence-corrected chi connectivity index (χ1v) is 8.53. The number of ether oxygens (including phenoxy) is 1. The van der Waals surface area contributed by atoms with E-state index in [1.807, 2.05) is 30.3 Å². The zero-order valence-corrected chi connectivity index (χ0v) is 15.1. The van der Waals surface area contributed by atoms with Crippen LogP contribution in [0, 0.1) is 0 Å². The zero-order valence-electron chi connectivity index (χ0n) is 15.1. The van der Waals surface area contributed by atoms with Gasteiger partial charge in [0.1, 0.15) is 6.61 Å². The number of carboxylic acids is 1. The van der Waals surface area contributed by atoms with Crippen LogP contribution in [0.3, 0.4) is 0 Å². The Morgan fingerprint density at radius 1 is 1.32 bits per heavy atom. The van der Waals surface area contributed by atoms with Crippen molar-refractivity contribution in [1.82, 2.24) is 14.9 Å². The molecule has 28 heavy (non-hydrogen) atoms. The number of carboxylic acid groups (broad SMARTS) is 1. The number of aromatic nitrogens is 2. The number of aromatic amines is 1. The number of rotatable bonds is 3. The molecule has 1 aromatic heterocycles. The second kappa shape index (κ2) is 9.25. The molecule has 0 radical (unpaired) electrons. The van der Waals surface area contributed by atoms with E-state index < -0.39 is 12.1 Å². The van der Waals surface area contributed by atoms with Crippen molar-refractivity contribution in [1.29, 1.82) is 0 Å². The number of aliphatic carboxylic acids is 1. The molecule has 1 aliphatic heterocycles. The van der Waals surface area contributed by atoms with Crippen molar-refractivity contribution in [3.63, 3.8) is 0 Å². The number of carbonyl (C=O) groups excluding carboxylic acids is 1. The van der Waals surface area contributed by atoms with Crippen LogP contribution in [0.4, 0.5) is 18.0 Å². The highest BCUT2D eigenvalue weighted by Crippen LogP contribution is 2.30. The van der Waals surface area contributed by atoms with E-state index in [0.29, 0.717) is 13.2 Å². The molecule has 2 aromatic rings. The first kappa shape index (κ1) is 21.3. The molecule has 0 bridgehead atoms. The summed E-state index contributed by atoms with van der Waals surface area (Å²) in [5, 5.41) is 7.12. The Labute approximate surface area is 159 Å². The zero-order chi connectivity index (χ0) is 20.7. The number of H-pyrrole nitrogens is 1. The van der Waals surface area contributed by atoms with Gasteiger partial charge in [-0.15, -0.1) is 0 Å². The molecule has 2 N–H and O–H groups in total. The summed E-state index contributed by atoms with van der Waals surface area (Å²) < 4.78 is 37.2. The number of halogens is 3. The molecule has 1 amide bonds. The molecule has 0 saturated carbocycles. The van der Waals surface area contributed by atoms with Gasteiger partial charge in [0.2, 0.25) is 0 Å². The summed E-state index contributed by atoms with van der Waals surface area (Å²) in [7, 11) is 0. The smallest absolute Gasteiger partial charge is 0.475 e. The van der Waals surface area contributed by atoms with Crippen LogP contribution in [0.5, 0.6) is 0 Å².